The Kier molecular flexibility index (Phi) is 7.52. The zero-order valence-electron chi connectivity index (χ0n) is 13.6. The molecule has 0 heterocycles. The van der Waals surface area contributed by atoms with E-state index >= 15 is 0 Å². The minimum Gasteiger partial charge on any atom is -0.352 e. The van der Waals surface area contributed by atoms with Gasteiger partial charge in [0.15, 0.2) is 0 Å². The van der Waals surface area contributed by atoms with E-state index in [-0.39, 0.29) is 17.4 Å². The Morgan fingerprint density at radius 3 is 2.20 bits per heavy atom. The third kappa shape index (κ3) is 4.74. The van der Waals surface area contributed by atoms with Crippen LogP contribution in [-0.2, 0) is 4.79 Å². The monoisotopic (exact) mass is 283 g/mol. The summed E-state index contributed by atoms with van der Waals surface area (Å²) in [6.45, 7) is 9.86. The fourth-order valence-corrected chi connectivity index (χ4v) is 3.22. The summed E-state index contributed by atoms with van der Waals surface area (Å²) in [6.07, 6.45) is 6.65. The molecular weight excluding hydrogens is 250 g/mol. The second-order valence-electron chi connectivity index (χ2n) is 6.26. The molecule has 0 aromatic carbocycles. The number of hydrogen-bond acceptors (Lipinski definition) is 3. The van der Waals surface area contributed by atoms with E-state index < -0.39 is 0 Å². The van der Waals surface area contributed by atoms with Crippen LogP contribution in [0.1, 0.15) is 59.3 Å². The predicted octanol–water partition coefficient (Wildman–Crippen LogP) is 2.13. The third-order valence-corrected chi connectivity index (χ3v) is 4.74. The number of hydrogen-bond donors (Lipinski definition) is 2. The highest BCUT2D eigenvalue weighted by atomic mass is 16.2. The molecular formula is C16H33N3O. The van der Waals surface area contributed by atoms with Crippen LogP contribution in [-0.4, -0.2) is 43.0 Å². The number of carbonyl (C=O) groups excluding carboxylic acids is 1. The molecule has 118 valence electrons. The number of amides is 1. The van der Waals surface area contributed by atoms with E-state index in [0.717, 1.165) is 45.3 Å². The number of carbonyl (C=O) groups is 1. The molecule has 1 aliphatic carbocycles. The van der Waals surface area contributed by atoms with Gasteiger partial charge in [0.1, 0.15) is 0 Å². The van der Waals surface area contributed by atoms with E-state index in [2.05, 4.69) is 31.0 Å². The molecule has 1 unspecified atom stereocenters. The van der Waals surface area contributed by atoms with Gasteiger partial charge in [-0.1, -0.05) is 39.5 Å². The molecule has 0 bridgehead atoms. The summed E-state index contributed by atoms with van der Waals surface area (Å²) in [6, 6.07) is 0.189. The molecule has 3 N–H and O–H groups in total. The summed E-state index contributed by atoms with van der Waals surface area (Å²) in [5.41, 5.74) is 5.66. The number of nitrogens with zero attached hydrogens (tertiary/aromatic N) is 1. The molecule has 1 fully saturated rings. The molecule has 20 heavy (non-hydrogen) atoms. The highest BCUT2D eigenvalue weighted by Gasteiger charge is 2.37. The van der Waals surface area contributed by atoms with Crippen LogP contribution >= 0.6 is 0 Å². The number of nitrogens with two attached hydrogens (primary N) is 1. The smallest absolute Gasteiger partial charge is 0.227 e. The lowest BCUT2D eigenvalue weighted by atomic mass is 9.79. The van der Waals surface area contributed by atoms with Gasteiger partial charge in [-0.05, 0) is 32.9 Å². The quantitative estimate of drug-likeness (QED) is 0.704. The molecule has 4 heteroatoms. The Hall–Kier alpha value is -0.610. The predicted molar refractivity (Wildman–Crippen MR) is 84.6 cm³/mol. The number of likely N-dealkylation sites (N-methyl/N-ethyl adjacent to an activating group) is 1. The second kappa shape index (κ2) is 8.63. The molecule has 0 radical (unpaired) electrons. The van der Waals surface area contributed by atoms with Crippen LogP contribution in [0.25, 0.3) is 0 Å². The van der Waals surface area contributed by atoms with E-state index in [1.807, 2.05) is 0 Å². The van der Waals surface area contributed by atoms with Crippen molar-refractivity contribution in [1.29, 1.82) is 0 Å². The maximum absolute atomic E-state index is 12.7. The van der Waals surface area contributed by atoms with Gasteiger partial charge >= 0.3 is 0 Å². The molecule has 1 amide bonds. The number of rotatable bonds is 7. The number of nitrogens with one attached hydrogen (secondary N) is 1. The van der Waals surface area contributed by atoms with Gasteiger partial charge < -0.3 is 16.0 Å². The fraction of sp³-hybridized carbons (Fsp3) is 0.938. The van der Waals surface area contributed by atoms with Gasteiger partial charge in [-0.25, -0.2) is 0 Å². The summed E-state index contributed by atoms with van der Waals surface area (Å²) in [5.74, 6) is 0.182. The molecule has 0 spiro atoms. The minimum atomic E-state index is -0.311. The Morgan fingerprint density at radius 2 is 1.75 bits per heavy atom. The van der Waals surface area contributed by atoms with Gasteiger partial charge in [0.05, 0.1) is 5.41 Å². The van der Waals surface area contributed by atoms with Crippen molar-refractivity contribution in [2.75, 3.05) is 26.2 Å². The third-order valence-electron chi connectivity index (χ3n) is 4.74. The van der Waals surface area contributed by atoms with E-state index in [1.165, 1.54) is 12.8 Å². The first kappa shape index (κ1) is 17.4. The van der Waals surface area contributed by atoms with Crippen molar-refractivity contribution in [1.82, 2.24) is 10.2 Å². The lowest BCUT2D eigenvalue weighted by Crippen LogP contribution is -2.51. The van der Waals surface area contributed by atoms with Gasteiger partial charge in [0, 0.05) is 19.1 Å². The molecule has 4 nitrogen and oxygen atoms in total. The average Bonchev–Trinajstić information content (AvgIpc) is 2.71. The van der Waals surface area contributed by atoms with Gasteiger partial charge in [-0.15, -0.1) is 0 Å². The van der Waals surface area contributed by atoms with E-state index in [1.54, 1.807) is 0 Å². The normalized spacial score (nSPS) is 20.4. The van der Waals surface area contributed by atoms with Crippen LogP contribution in [0, 0.1) is 5.41 Å². The summed E-state index contributed by atoms with van der Waals surface area (Å²) in [7, 11) is 0. The fourth-order valence-electron chi connectivity index (χ4n) is 3.22. The van der Waals surface area contributed by atoms with Gasteiger partial charge in [0.2, 0.25) is 5.91 Å². The van der Waals surface area contributed by atoms with E-state index in [4.69, 9.17) is 5.73 Å². The van der Waals surface area contributed by atoms with Crippen molar-refractivity contribution in [3.63, 3.8) is 0 Å². The summed E-state index contributed by atoms with van der Waals surface area (Å²) >= 11 is 0. The average molecular weight is 283 g/mol. The Morgan fingerprint density at radius 1 is 1.20 bits per heavy atom. The molecule has 1 atom stereocenters. The first-order valence-electron chi connectivity index (χ1n) is 8.31. The van der Waals surface area contributed by atoms with Crippen molar-refractivity contribution in [3.8, 4) is 0 Å². The van der Waals surface area contributed by atoms with Gasteiger partial charge in [-0.3, -0.25) is 4.79 Å². The van der Waals surface area contributed by atoms with E-state index in [0.29, 0.717) is 6.54 Å². The summed E-state index contributed by atoms with van der Waals surface area (Å²) in [5, 5.41) is 3.21. The van der Waals surface area contributed by atoms with Crippen molar-refractivity contribution >= 4 is 5.91 Å². The molecule has 1 saturated carbocycles. The lowest BCUT2D eigenvalue weighted by Gasteiger charge is -2.32. The van der Waals surface area contributed by atoms with Gasteiger partial charge in [-0.2, -0.15) is 0 Å². The zero-order valence-corrected chi connectivity index (χ0v) is 13.6. The molecule has 0 aromatic heterocycles. The SMILES string of the molecule is CCN(CC)CC(C)NC(=O)C1(CN)CCCCCC1. The van der Waals surface area contributed by atoms with Crippen molar-refractivity contribution in [2.24, 2.45) is 11.1 Å². The molecule has 1 rings (SSSR count). The first-order valence-corrected chi connectivity index (χ1v) is 8.31. The molecule has 1 aliphatic rings. The molecule has 0 saturated heterocycles. The maximum atomic E-state index is 12.7. The molecule has 0 aromatic rings. The van der Waals surface area contributed by atoms with E-state index in [9.17, 15) is 4.79 Å². The lowest BCUT2D eigenvalue weighted by molar-refractivity contribution is -0.132. The van der Waals surface area contributed by atoms with Crippen LogP contribution in [0.2, 0.25) is 0 Å². The van der Waals surface area contributed by atoms with Crippen molar-refractivity contribution in [3.05, 3.63) is 0 Å². The summed E-state index contributed by atoms with van der Waals surface area (Å²) in [4.78, 5) is 15.0. The highest BCUT2D eigenvalue weighted by molar-refractivity contribution is 5.83. The Balaban J connectivity index is 2.57. The Bertz CT molecular complexity index is 281. The van der Waals surface area contributed by atoms with Crippen LogP contribution < -0.4 is 11.1 Å². The maximum Gasteiger partial charge on any atom is 0.227 e. The van der Waals surface area contributed by atoms with Gasteiger partial charge in [0.25, 0.3) is 0 Å². The molecule has 0 aliphatic heterocycles. The van der Waals surface area contributed by atoms with Crippen LogP contribution in [0.3, 0.4) is 0 Å². The highest BCUT2D eigenvalue weighted by Crippen LogP contribution is 2.34. The Labute approximate surface area is 124 Å². The zero-order chi connectivity index (χ0) is 15.0. The van der Waals surface area contributed by atoms with Crippen LogP contribution in [0.5, 0.6) is 0 Å². The first-order chi connectivity index (χ1) is 9.57. The van der Waals surface area contributed by atoms with Crippen LogP contribution in [0.4, 0.5) is 0 Å². The van der Waals surface area contributed by atoms with Crippen molar-refractivity contribution in [2.45, 2.75) is 65.3 Å². The van der Waals surface area contributed by atoms with Crippen LogP contribution in [0.15, 0.2) is 0 Å². The standard InChI is InChI=1S/C16H33N3O/c1-4-19(5-2)12-14(3)18-15(20)16(13-17)10-8-6-7-9-11-16/h14H,4-13,17H2,1-3H3,(H,18,20). The minimum absolute atomic E-state index is 0.182. The topological polar surface area (TPSA) is 58.4 Å². The largest absolute Gasteiger partial charge is 0.352 e. The van der Waals surface area contributed by atoms with Crippen molar-refractivity contribution < 1.29 is 4.79 Å². The second-order valence-corrected chi connectivity index (χ2v) is 6.26. The summed E-state index contributed by atoms with van der Waals surface area (Å²) < 4.78 is 0.